The number of imidazole rings is 1. The molecule has 3 heterocycles. The lowest BCUT2D eigenvalue weighted by Crippen LogP contribution is -2.44. The molecular weight excluding hydrogens is 352 g/mol. The van der Waals surface area contributed by atoms with E-state index in [0.29, 0.717) is 12.6 Å². The number of hydrogen-bond donors (Lipinski definition) is 1. The van der Waals surface area contributed by atoms with Crippen LogP contribution < -0.4 is 15.0 Å². The first-order valence-corrected chi connectivity index (χ1v) is 10.1. The Morgan fingerprint density at radius 3 is 2.82 bits per heavy atom. The van der Waals surface area contributed by atoms with Crippen LogP contribution in [-0.2, 0) is 6.54 Å². The molecule has 1 aliphatic rings. The first kappa shape index (κ1) is 18.7. The van der Waals surface area contributed by atoms with E-state index < -0.39 is 0 Å². The number of aryl methyl sites for hydroxylation is 1. The van der Waals surface area contributed by atoms with E-state index in [2.05, 4.69) is 19.8 Å². The molecule has 0 bridgehead atoms. The third kappa shape index (κ3) is 4.25. The molecule has 3 aromatic rings. The maximum absolute atomic E-state index is 5.61. The molecule has 7 nitrogen and oxygen atoms in total. The zero-order valence-electron chi connectivity index (χ0n) is 16.6. The smallest absolute Gasteiger partial charge is 0.226 e. The van der Waals surface area contributed by atoms with E-state index >= 15 is 0 Å². The van der Waals surface area contributed by atoms with Crippen LogP contribution >= 0.6 is 0 Å². The van der Waals surface area contributed by atoms with E-state index in [4.69, 9.17) is 14.7 Å². The molecule has 0 atom stereocenters. The van der Waals surface area contributed by atoms with Gasteiger partial charge in [0, 0.05) is 50.0 Å². The summed E-state index contributed by atoms with van der Waals surface area (Å²) < 4.78 is 7.71. The zero-order chi connectivity index (χ0) is 19.3. The average Bonchev–Trinajstić information content (AvgIpc) is 3.23. The Bertz CT molecular complexity index is 903. The molecule has 0 radical (unpaired) electrons. The highest BCUT2D eigenvalue weighted by atomic mass is 16.5. The van der Waals surface area contributed by atoms with Gasteiger partial charge in [0.1, 0.15) is 5.75 Å². The van der Waals surface area contributed by atoms with Crippen LogP contribution in [0.3, 0.4) is 0 Å². The second kappa shape index (κ2) is 8.56. The van der Waals surface area contributed by atoms with Crippen molar-refractivity contribution in [3.63, 3.8) is 0 Å². The molecule has 0 saturated carbocycles. The molecule has 1 fully saturated rings. The molecule has 2 aromatic heterocycles. The molecule has 4 rings (SSSR count). The molecule has 1 N–H and O–H groups in total. The van der Waals surface area contributed by atoms with Crippen LogP contribution in [-0.4, -0.2) is 51.8 Å². The molecule has 1 saturated heterocycles. The van der Waals surface area contributed by atoms with Gasteiger partial charge in [-0.2, -0.15) is 0 Å². The van der Waals surface area contributed by atoms with Crippen molar-refractivity contribution in [3.8, 4) is 5.75 Å². The number of aromatic nitrogens is 4. The summed E-state index contributed by atoms with van der Waals surface area (Å²) in [6.45, 7) is 8.58. The molecule has 1 aromatic carbocycles. The molecule has 148 valence electrons. The van der Waals surface area contributed by atoms with Gasteiger partial charge in [-0.05, 0) is 44.9 Å². The van der Waals surface area contributed by atoms with Crippen LogP contribution in [0.2, 0.25) is 0 Å². The fourth-order valence-electron chi connectivity index (χ4n) is 3.74. The van der Waals surface area contributed by atoms with E-state index in [-0.39, 0.29) is 0 Å². The number of nitrogens with zero attached hydrogens (tertiary/aromatic N) is 5. The SMILES string of the molecule is CCOc1ccc2nc(N3CCC(NCCn4ccnc4)CC3)nc(C)c2c1. The number of anilines is 1. The Labute approximate surface area is 165 Å². The predicted molar refractivity (Wildman–Crippen MR) is 111 cm³/mol. The van der Waals surface area contributed by atoms with Gasteiger partial charge in [0.2, 0.25) is 5.95 Å². The van der Waals surface area contributed by atoms with Crippen molar-refractivity contribution in [1.82, 2.24) is 24.8 Å². The summed E-state index contributed by atoms with van der Waals surface area (Å²) in [7, 11) is 0. The highest BCUT2D eigenvalue weighted by Crippen LogP contribution is 2.25. The molecule has 0 aliphatic carbocycles. The van der Waals surface area contributed by atoms with Crippen LogP contribution in [0.15, 0.2) is 36.9 Å². The van der Waals surface area contributed by atoms with Gasteiger partial charge in [0.05, 0.1) is 24.1 Å². The first-order chi connectivity index (χ1) is 13.7. The highest BCUT2D eigenvalue weighted by Gasteiger charge is 2.21. The van der Waals surface area contributed by atoms with Crippen LogP contribution in [0.4, 0.5) is 5.95 Å². The minimum Gasteiger partial charge on any atom is -0.494 e. The summed E-state index contributed by atoms with van der Waals surface area (Å²) in [6, 6.07) is 6.60. The van der Waals surface area contributed by atoms with Crippen LogP contribution in [0, 0.1) is 6.92 Å². The maximum atomic E-state index is 5.61. The van der Waals surface area contributed by atoms with Crippen molar-refractivity contribution < 1.29 is 4.74 Å². The van der Waals surface area contributed by atoms with Crippen molar-refractivity contribution in [1.29, 1.82) is 0 Å². The predicted octanol–water partition coefficient (Wildman–Crippen LogP) is 2.79. The largest absolute Gasteiger partial charge is 0.494 e. The summed E-state index contributed by atoms with van der Waals surface area (Å²) in [4.78, 5) is 16.0. The number of nitrogens with one attached hydrogen (secondary N) is 1. The third-order valence-corrected chi connectivity index (χ3v) is 5.30. The zero-order valence-corrected chi connectivity index (χ0v) is 16.6. The van der Waals surface area contributed by atoms with Crippen molar-refractivity contribution >= 4 is 16.9 Å². The van der Waals surface area contributed by atoms with Crippen molar-refractivity contribution in [2.75, 3.05) is 31.1 Å². The lowest BCUT2D eigenvalue weighted by atomic mass is 10.1. The fraction of sp³-hybridized carbons (Fsp3) is 0.476. The van der Waals surface area contributed by atoms with Gasteiger partial charge in [-0.3, -0.25) is 0 Å². The van der Waals surface area contributed by atoms with Gasteiger partial charge in [-0.1, -0.05) is 0 Å². The van der Waals surface area contributed by atoms with Crippen LogP contribution in [0.5, 0.6) is 5.75 Å². The number of rotatable bonds is 7. The number of ether oxygens (including phenoxy) is 1. The minimum atomic E-state index is 0.551. The Hall–Kier alpha value is -2.67. The Morgan fingerprint density at radius 1 is 1.21 bits per heavy atom. The number of fused-ring (bicyclic) bond motifs is 1. The Balaban J connectivity index is 1.36. The molecule has 0 amide bonds. The Kier molecular flexibility index (Phi) is 5.71. The van der Waals surface area contributed by atoms with Gasteiger partial charge in [-0.25, -0.2) is 15.0 Å². The van der Waals surface area contributed by atoms with Gasteiger partial charge in [0.25, 0.3) is 0 Å². The highest BCUT2D eigenvalue weighted by molar-refractivity contribution is 5.83. The van der Waals surface area contributed by atoms with Gasteiger partial charge in [-0.15, -0.1) is 0 Å². The van der Waals surface area contributed by atoms with Gasteiger partial charge in [0.15, 0.2) is 0 Å². The number of piperidine rings is 1. The molecule has 28 heavy (non-hydrogen) atoms. The summed E-state index contributed by atoms with van der Waals surface area (Å²) in [5.41, 5.74) is 1.98. The summed E-state index contributed by atoms with van der Waals surface area (Å²) in [5, 5.41) is 4.72. The van der Waals surface area contributed by atoms with Crippen LogP contribution in [0.1, 0.15) is 25.5 Å². The molecular formula is C21H28N6O. The molecule has 0 spiro atoms. The average molecular weight is 380 g/mol. The standard InChI is InChI=1S/C21H28N6O/c1-3-28-18-4-5-20-19(14-18)16(2)24-21(25-20)27-10-6-17(7-11-27)23-9-13-26-12-8-22-15-26/h4-5,8,12,14-15,17,23H,3,6-7,9-11,13H2,1-2H3. The molecule has 0 unspecified atom stereocenters. The lowest BCUT2D eigenvalue weighted by Gasteiger charge is -2.32. The van der Waals surface area contributed by atoms with Crippen molar-refractivity contribution in [2.24, 2.45) is 0 Å². The van der Waals surface area contributed by atoms with Crippen molar-refractivity contribution in [3.05, 3.63) is 42.6 Å². The van der Waals surface area contributed by atoms with E-state index in [1.807, 2.05) is 50.8 Å². The fourth-order valence-corrected chi connectivity index (χ4v) is 3.74. The monoisotopic (exact) mass is 380 g/mol. The number of hydrogen-bond acceptors (Lipinski definition) is 6. The second-order valence-corrected chi connectivity index (χ2v) is 7.24. The summed E-state index contributed by atoms with van der Waals surface area (Å²) >= 11 is 0. The molecule has 7 heteroatoms. The van der Waals surface area contributed by atoms with E-state index in [0.717, 1.165) is 67.3 Å². The quantitative estimate of drug-likeness (QED) is 0.680. The summed E-state index contributed by atoms with van der Waals surface area (Å²) in [5.74, 6) is 1.71. The first-order valence-electron chi connectivity index (χ1n) is 10.1. The van der Waals surface area contributed by atoms with E-state index in [1.54, 1.807) is 0 Å². The number of benzene rings is 1. The van der Waals surface area contributed by atoms with E-state index in [9.17, 15) is 0 Å². The maximum Gasteiger partial charge on any atom is 0.226 e. The van der Waals surface area contributed by atoms with Gasteiger partial charge >= 0.3 is 0 Å². The minimum absolute atomic E-state index is 0.551. The molecule has 1 aliphatic heterocycles. The van der Waals surface area contributed by atoms with Crippen molar-refractivity contribution in [2.45, 2.75) is 39.3 Å². The lowest BCUT2D eigenvalue weighted by molar-refractivity contribution is 0.340. The summed E-state index contributed by atoms with van der Waals surface area (Å²) in [6.07, 6.45) is 7.89. The topological polar surface area (TPSA) is 68.1 Å². The van der Waals surface area contributed by atoms with E-state index in [1.165, 1.54) is 0 Å². The normalized spacial score (nSPS) is 15.3. The van der Waals surface area contributed by atoms with Crippen LogP contribution in [0.25, 0.3) is 10.9 Å². The Morgan fingerprint density at radius 2 is 2.07 bits per heavy atom. The second-order valence-electron chi connectivity index (χ2n) is 7.24. The third-order valence-electron chi connectivity index (χ3n) is 5.30. The van der Waals surface area contributed by atoms with Gasteiger partial charge < -0.3 is 19.5 Å².